The third-order valence-electron chi connectivity index (χ3n) is 4.82. The molecule has 0 radical (unpaired) electrons. The fourth-order valence-corrected chi connectivity index (χ4v) is 3.47. The van der Waals surface area contributed by atoms with Crippen LogP contribution in [0, 0.1) is 0 Å². The highest BCUT2D eigenvalue weighted by Gasteiger charge is 2.22. The molecule has 0 spiro atoms. The number of hydrogen-bond acceptors (Lipinski definition) is 3. The minimum absolute atomic E-state index is 0.621. The van der Waals surface area contributed by atoms with Crippen LogP contribution in [0.3, 0.4) is 0 Å². The molecule has 2 aromatic rings. The van der Waals surface area contributed by atoms with Crippen molar-refractivity contribution in [1.29, 1.82) is 0 Å². The highest BCUT2D eigenvalue weighted by molar-refractivity contribution is 5.83. The second-order valence-corrected chi connectivity index (χ2v) is 6.22. The van der Waals surface area contributed by atoms with E-state index in [1.165, 1.54) is 30.3 Å². The molecule has 0 amide bonds. The Bertz CT molecular complexity index is 692. The lowest BCUT2D eigenvalue weighted by atomic mass is 10.1. The predicted molar refractivity (Wildman–Crippen MR) is 100 cm³/mol. The van der Waals surface area contributed by atoms with Crippen LogP contribution in [0.15, 0.2) is 41.5 Å². The van der Waals surface area contributed by atoms with Gasteiger partial charge in [-0.1, -0.05) is 25.1 Å². The predicted octanol–water partition coefficient (Wildman–Crippen LogP) is 2.38. The molecule has 1 atom stereocenters. The maximum atomic E-state index is 4.42. The number of para-hydroxylation sites is 1. The maximum absolute atomic E-state index is 4.42. The van der Waals surface area contributed by atoms with Crippen molar-refractivity contribution in [3.8, 4) is 0 Å². The van der Waals surface area contributed by atoms with E-state index in [0.29, 0.717) is 6.04 Å². The summed E-state index contributed by atoms with van der Waals surface area (Å²) in [6.45, 7) is 6.27. The summed E-state index contributed by atoms with van der Waals surface area (Å²) in [5.41, 5.74) is 2.27. The second-order valence-electron chi connectivity index (χ2n) is 6.22. The summed E-state index contributed by atoms with van der Waals surface area (Å²) in [5.74, 6) is 0.860. The Morgan fingerprint density at radius 3 is 3.00 bits per heavy atom. The first kappa shape index (κ1) is 16.7. The van der Waals surface area contributed by atoms with Gasteiger partial charge in [-0.15, -0.1) is 0 Å². The summed E-state index contributed by atoms with van der Waals surface area (Å²) < 4.78 is 0. The number of benzene rings is 1. The standard InChI is InChI=1S/C19H27N5/c1-3-24-12-6-7-16(24)14-23-19(20-2)22-13-15-10-11-21-18-9-5-4-8-17(15)18/h4-5,8-11,16H,3,6-7,12-14H2,1-2H3,(H2,20,22,23). The van der Waals surface area contributed by atoms with Gasteiger partial charge in [-0.25, -0.2) is 0 Å². The average Bonchev–Trinajstić information content (AvgIpc) is 3.09. The molecule has 2 N–H and O–H groups in total. The Morgan fingerprint density at radius 2 is 2.17 bits per heavy atom. The third-order valence-corrected chi connectivity index (χ3v) is 4.82. The molecule has 3 rings (SSSR count). The first-order valence-corrected chi connectivity index (χ1v) is 8.83. The van der Waals surface area contributed by atoms with E-state index in [1.807, 2.05) is 25.4 Å². The van der Waals surface area contributed by atoms with Gasteiger partial charge in [0, 0.05) is 37.8 Å². The zero-order chi connectivity index (χ0) is 16.8. The topological polar surface area (TPSA) is 52.5 Å². The number of aliphatic imine (C=N–C) groups is 1. The van der Waals surface area contributed by atoms with Crippen LogP contribution in [0.2, 0.25) is 0 Å². The van der Waals surface area contributed by atoms with Crippen LogP contribution in [-0.4, -0.2) is 48.6 Å². The average molecular weight is 325 g/mol. The summed E-state index contributed by atoms with van der Waals surface area (Å²) in [7, 11) is 1.83. The smallest absolute Gasteiger partial charge is 0.191 e. The lowest BCUT2D eigenvalue weighted by Crippen LogP contribution is -2.44. The number of fused-ring (bicyclic) bond motifs is 1. The van der Waals surface area contributed by atoms with E-state index < -0.39 is 0 Å². The van der Waals surface area contributed by atoms with Gasteiger partial charge >= 0.3 is 0 Å². The van der Waals surface area contributed by atoms with Crippen LogP contribution < -0.4 is 10.6 Å². The lowest BCUT2D eigenvalue weighted by molar-refractivity contribution is 0.267. The van der Waals surface area contributed by atoms with Crippen molar-refractivity contribution < 1.29 is 0 Å². The molecule has 1 aliphatic heterocycles. The number of nitrogens with one attached hydrogen (secondary N) is 2. The van der Waals surface area contributed by atoms with Crippen LogP contribution >= 0.6 is 0 Å². The van der Waals surface area contributed by atoms with Gasteiger partial charge in [0.05, 0.1) is 5.52 Å². The molecule has 5 nitrogen and oxygen atoms in total. The molecule has 0 saturated carbocycles. The minimum Gasteiger partial charge on any atom is -0.355 e. The normalized spacial score (nSPS) is 18.9. The molecule has 1 aliphatic rings. The van der Waals surface area contributed by atoms with Crippen LogP contribution in [0.1, 0.15) is 25.3 Å². The Labute approximate surface area is 144 Å². The van der Waals surface area contributed by atoms with E-state index >= 15 is 0 Å². The molecule has 1 unspecified atom stereocenters. The highest BCUT2D eigenvalue weighted by atomic mass is 15.2. The number of pyridine rings is 1. The van der Waals surface area contributed by atoms with Gasteiger partial charge in [0.25, 0.3) is 0 Å². The Balaban J connectivity index is 1.58. The monoisotopic (exact) mass is 325 g/mol. The molecule has 1 fully saturated rings. The van der Waals surface area contributed by atoms with Crippen molar-refractivity contribution in [2.45, 2.75) is 32.4 Å². The van der Waals surface area contributed by atoms with Crippen molar-refractivity contribution in [2.75, 3.05) is 26.7 Å². The van der Waals surface area contributed by atoms with E-state index in [4.69, 9.17) is 0 Å². The van der Waals surface area contributed by atoms with Crippen molar-refractivity contribution in [3.05, 3.63) is 42.1 Å². The van der Waals surface area contributed by atoms with E-state index in [1.54, 1.807) is 0 Å². The molecular weight excluding hydrogens is 298 g/mol. The molecular formula is C19H27N5. The lowest BCUT2D eigenvalue weighted by Gasteiger charge is -2.24. The molecule has 1 saturated heterocycles. The molecule has 128 valence electrons. The molecule has 5 heteroatoms. The largest absolute Gasteiger partial charge is 0.355 e. The van der Waals surface area contributed by atoms with Crippen LogP contribution in [0.5, 0.6) is 0 Å². The first-order valence-electron chi connectivity index (χ1n) is 8.83. The first-order chi connectivity index (χ1) is 11.8. The van der Waals surface area contributed by atoms with Gasteiger partial charge in [-0.05, 0) is 43.6 Å². The van der Waals surface area contributed by atoms with E-state index in [2.05, 4.69) is 50.6 Å². The Morgan fingerprint density at radius 1 is 1.29 bits per heavy atom. The van der Waals surface area contributed by atoms with Crippen molar-refractivity contribution in [3.63, 3.8) is 0 Å². The number of guanidine groups is 1. The van der Waals surface area contributed by atoms with Crippen molar-refractivity contribution in [2.24, 2.45) is 4.99 Å². The zero-order valence-corrected chi connectivity index (χ0v) is 14.6. The molecule has 24 heavy (non-hydrogen) atoms. The summed E-state index contributed by atoms with van der Waals surface area (Å²) >= 11 is 0. The van der Waals surface area contributed by atoms with E-state index in [9.17, 15) is 0 Å². The minimum atomic E-state index is 0.621. The fourth-order valence-electron chi connectivity index (χ4n) is 3.47. The van der Waals surface area contributed by atoms with Crippen LogP contribution in [0.25, 0.3) is 10.9 Å². The molecule has 0 aliphatic carbocycles. The van der Waals surface area contributed by atoms with Crippen LogP contribution in [-0.2, 0) is 6.54 Å². The Kier molecular flexibility index (Phi) is 5.64. The SMILES string of the molecule is CCN1CCCC1CNC(=NC)NCc1ccnc2ccccc12. The van der Waals surface area contributed by atoms with Gasteiger partial charge in [0.2, 0.25) is 0 Å². The number of rotatable bonds is 5. The Hall–Kier alpha value is -2.14. The van der Waals surface area contributed by atoms with Gasteiger partial charge in [0.1, 0.15) is 0 Å². The zero-order valence-electron chi connectivity index (χ0n) is 14.6. The third kappa shape index (κ3) is 3.85. The summed E-state index contributed by atoms with van der Waals surface area (Å²) in [6, 6.07) is 10.9. The van der Waals surface area contributed by atoms with Gasteiger partial charge in [0.15, 0.2) is 5.96 Å². The fraction of sp³-hybridized carbons (Fsp3) is 0.474. The second kappa shape index (κ2) is 8.11. The molecule has 1 aromatic heterocycles. The number of hydrogen-bond donors (Lipinski definition) is 2. The highest BCUT2D eigenvalue weighted by Crippen LogP contribution is 2.16. The van der Waals surface area contributed by atoms with Gasteiger partial charge in [-0.2, -0.15) is 0 Å². The number of nitrogens with zero attached hydrogens (tertiary/aromatic N) is 3. The number of likely N-dealkylation sites (tertiary alicyclic amines) is 1. The van der Waals surface area contributed by atoms with Gasteiger partial charge < -0.3 is 10.6 Å². The van der Waals surface area contributed by atoms with Gasteiger partial charge in [-0.3, -0.25) is 14.9 Å². The number of aromatic nitrogens is 1. The quantitative estimate of drug-likeness (QED) is 0.655. The number of likely N-dealkylation sites (N-methyl/N-ethyl adjacent to an activating group) is 1. The summed E-state index contributed by atoms with van der Waals surface area (Å²) in [6.07, 6.45) is 4.44. The molecule has 0 bridgehead atoms. The van der Waals surface area contributed by atoms with E-state index in [-0.39, 0.29) is 0 Å². The maximum Gasteiger partial charge on any atom is 0.191 e. The summed E-state index contributed by atoms with van der Waals surface area (Å²) in [5, 5.41) is 8.09. The molecule has 2 heterocycles. The van der Waals surface area contributed by atoms with E-state index in [0.717, 1.165) is 31.1 Å². The van der Waals surface area contributed by atoms with Crippen LogP contribution in [0.4, 0.5) is 0 Å². The summed E-state index contributed by atoms with van der Waals surface area (Å²) in [4.78, 5) is 11.3. The van der Waals surface area contributed by atoms with Crippen molar-refractivity contribution >= 4 is 16.9 Å². The van der Waals surface area contributed by atoms with Crippen molar-refractivity contribution in [1.82, 2.24) is 20.5 Å². The molecule has 1 aromatic carbocycles.